The van der Waals surface area contributed by atoms with Crippen LogP contribution in [0.4, 0.5) is 5.69 Å². The molecule has 0 aliphatic rings. The summed E-state index contributed by atoms with van der Waals surface area (Å²) >= 11 is 5.46. The molecule has 0 saturated heterocycles. The molecule has 0 heterocycles. The minimum atomic E-state index is -0.408. The first-order valence-electron chi connectivity index (χ1n) is 5.96. The second-order valence-corrected chi connectivity index (χ2v) is 6.23. The summed E-state index contributed by atoms with van der Waals surface area (Å²) in [6.07, 6.45) is 0. The average molecular weight is 460 g/mol. The van der Waals surface area contributed by atoms with Gasteiger partial charge in [0, 0.05) is 13.7 Å². The average Bonchev–Trinajstić information content (AvgIpc) is 2.49. The normalized spacial score (nSPS) is 10.0. The van der Waals surface area contributed by atoms with Crippen LogP contribution in [-0.4, -0.2) is 19.0 Å². The number of esters is 1. The summed E-state index contributed by atoms with van der Waals surface area (Å²) in [6.45, 7) is 0. The van der Waals surface area contributed by atoms with Crippen molar-refractivity contribution in [2.75, 3.05) is 12.4 Å². The fourth-order valence-corrected chi connectivity index (χ4v) is 2.62. The largest absolute Gasteiger partial charge is 0.465 e. The molecule has 0 fully saturated rings. The van der Waals surface area contributed by atoms with Crippen LogP contribution in [0.15, 0.2) is 46.9 Å². The van der Waals surface area contributed by atoms with E-state index >= 15 is 0 Å². The number of hydrogen-bond donors (Lipinski definition) is 1. The quantitative estimate of drug-likeness (QED) is 0.555. The minimum Gasteiger partial charge on any atom is -0.465 e. The number of methoxy groups -OCH3 is 1. The Bertz CT molecular complexity index is 686. The Morgan fingerprint density at radius 3 is 2.43 bits per heavy atom. The molecular formula is C15H11BrINO3. The molecule has 0 aromatic heterocycles. The number of hydrogen-bond acceptors (Lipinski definition) is 3. The van der Waals surface area contributed by atoms with Gasteiger partial charge in [0.25, 0.3) is 5.91 Å². The van der Waals surface area contributed by atoms with E-state index in [1.54, 1.807) is 30.3 Å². The number of anilines is 1. The summed E-state index contributed by atoms with van der Waals surface area (Å²) in [5, 5.41) is 2.79. The molecule has 21 heavy (non-hydrogen) atoms. The molecule has 2 aromatic rings. The van der Waals surface area contributed by atoms with Gasteiger partial charge < -0.3 is 10.1 Å². The zero-order valence-electron chi connectivity index (χ0n) is 11.0. The number of nitrogens with one attached hydrogen (secondary N) is 1. The van der Waals surface area contributed by atoms with E-state index in [-0.39, 0.29) is 5.91 Å². The van der Waals surface area contributed by atoms with Gasteiger partial charge in [-0.25, -0.2) is 4.79 Å². The summed E-state index contributed by atoms with van der Waals surface area (Å²) in [4.78, 5) is 23.6. The third kappa shape index (κ3) is 4.04. The summed E-state index contributed by atoms with van der Waals surface area (Å²) in [5.41, 5.74) is 1.64. The molecule has 0 radical (unpaired) electrons. The van der Waals surface area contributed by atoms with Crippen LogP contribution in [-0.2, 0) is 4.74 Å². The van der Waals surface area contributed by atoms with Crippen molar-refractivity contribution in [1.82, 2.24) is 0 Å². The molecular weight excluding hydrogens is 449 g/mol. The number of benzene rings is 2. The Hall–Kier alpha value is -1.41. The van der Waals surface area contributed by atoms with E-state index in [1.807, 2.05) is 12.1 Å². The smallest absolute Gasteiger partial charge is 0.337 e. The van der Waals surface area contributed by atoms with Gasteiger partial charge in [-0.15, -0.1) is 0 Å². The van der Waals surface area contributed by atoms with Crippen LogP contribution in [0.3, 0.4) is 0 Å². The number of halogens is 2. The minimum absolute atomic E-state index is 0.202. The Labute approximate surface area is 144 Å². The molecule has 4 nitrogen and oxygen atoms in total. The molecule has 0 saturated carbocycles. The summed E-state index contributed by atoms with van der Waals surface area (Å²) in [7, 11) is 1.33. The number of ether oxygens (including phenoxy) is 1. The molecule has 2 aromatic carbocycles. The molecule has 0 aliphatic heterocycles. The second-order valence-electron chi connectivity index (χ2n) is 4.15. The first-order chi connectivity index (χ1) is 10.0. The lowest BCUT2D eigenvalue weighted by atomic mass is 10.2. The van der Waals surface area contributed by atoms with Crippen molar-refractivity contribution in [2.24, 2.45) is 0 Å². The van der Waals surface area contributed by atoms with Gasteiger partial charge in [0.1, 0.15) is 0 Å². The predicted octanol–water partition coefficient (Wildman–Crippen LogP) is 4.09. The van der Waals surface area contributed by atoms with Crippen LogP contribution < -0.4 is 5.32 Å². The lowest BCUT2D eigenvalue weighted by Gasteiger charge is -2.08. The van der Waals surface area contributed by atoms with Gasteiger partial charge >= 0.3 is 5.97 Å². The molecule has 2 rings (SSSR count). The Balaban J connectivity index is 2.16. The van der Waals surface area contributed by atoms with Crippen LogP contribution in [0.25, 0.3) is 0 Å². The standard InChI is InChI=1S/C15H11BrINO3/c1-21-15(20)9-2-5-11(6-3-9)18-14(19)12-8-10(16)4-7-13(12)17/h2-8H,1H3,(H,18,19). The Morgan fingerprint density at radius 1 is 1.14 bits per heavy atom. The third-order valence-electron chi connectivity index (χ3n) is 2.74. The molecule has 1 amide bonds. The molecule has 0 unspecified atom stereocenters. The molecule has 0 bridgehead atoms. The van der Waals surface area contributed by atoms with Crippen molar-refractivity contribution >= 4 is 56.1 Å². The molecule has 0 spiro atoms. The van der Waals surface area contributed by atoms with Crippen molar-refractivity contribution in [1.29, 1.82) is 0 Å². The van der Waals surface area contributed by atoms with Crippen LogP contribution in [0.1, 0.15) is 20.7 Å². The first-order valence-corrected chi connectivity index (χ1v) is 7.83. The Morgan fingerprint density at radius 2 is 1.81 bits per heavy atom. The van der Waals surface area contributed by atoms with Gasteiger partial charge in [-0.05, 0) is 65.1 Å². The van der Waals surface area contributed by atoms with Gasteiger partial charge in [-0.3, -0.25) is 4.79 Å². The molecule has 6 heteroatoms. The maximum Gasteiger partial charge on any atom is 0.337 e. The zero-order valence-corrected chi connectivity index (χ0v) is 14.8. The van der Waals surface area contributed by atoms with E-state index in [0.717, 1.165) is 8.04 Å². The predicted molar refractivity (Wildman–Crippen MR) is 92.6 cm³/mol. The number of carbonyl (C=O) groups excluding carboxylic acids is 2. The third-order valence-corrected chi connectivity index (χ3v) is 4.17. The molecule has 0 atom stereocenters. The highest BCUT2D eigenvalue weighted by Gasteiger charge is 2.11. The van der Waals surface area contributed by atoms with E-state index in [2.05, 4.69) is 48.6 Å². The van der Waals surface area contributed by atoms with E-state index in [9.17, 15) is 9.59 Å². The highest BCUT2D eigenvalue weighted by Crippen LogP contribution is 2.20. The number of amides is 1. The van der Waals surface area contributed by atoms with Gasteiger partial charge in [0.05, 0.1) is 18.2 Å². The SMILES string of the molecule is COC(=O)c1ccc(NC(=O)c2cc(Br)ccc2I)cc1. The zero-order chi connectivity index (χ0) is 15.4. The van der Waals surface area contributed by atoms with Gasteiger partial charge in [-0.2, -0.15) is 0 Å². The fourth-order valence-electron chi connectivity index (χ4n) is 1.68. The lowest BCUT2D eigenvalue weighted by molar-refractivity contribution is 0.0600. The summed E-state index contributed by atoms with van der Waals surface area (Å²) in [5.74, 6) is -0.610. The van der Waals surface area contributed by atoms with Crippen molar-refractivity contribution < 1.29 is 14.3 Å². The molecule has 108 valence electrons. The van der Waals surface area contributed by atoms with Crippen LogP contribution in [0.2, 0.25) is 0 Å². The fraction of sp³-hybridized carbons (Fsp3) is 0.0667. The maximum atomic E-state index is 12.2. The van der Waals surface area contributed by atoms with E-state index in [0.29, 0.717) is 16.8 Å². The number of rotatable bonds is 3. The van der Waals surface area contributed by atoms with Crippen molar-refractivity contribution in [3.63, 3.8) is 0 Å². The van der Waals surface area contributed by atoms with E-state index in [1.165, 1.54) is 7.11 Å². The van der Waals surface area contributed by atoms with E-state index in [4.69, 9.17) is 0 Å². The topological polar surface area (TPSA) is 55.4 Å². The summed E-state index contributed by atoms with van der Waals surface area (Å²) < 4.78 is 6.33. The Kier molecular flexibility index (Phi) is 5.35. The van der Waals surface area contributed by atoms with Crippen LogP contribution in [0.5, 0.6) is 0 Å². The maximum absolute atomic E-state index is 12.2. The van der Waals surface area contributed by atoms with Gasteiger partial charge in [0.15, 0.2) is 0 Å². The van der Waals surface area contributed by atoms with Crippen LogP contribution in [0, 0.1) is 3.57 Å². The van der Waals surface area contributed by atoms with Gasteiger partial charge in [-0.1, -0.05) is 15.9 Å². The van der Waals surface area contributed by atoms with Crippen molar-refractivity contribution in [3.8, 4) is 0 Å². The highest BCUT2D eigenvalue weighted by molar-refractivity contribution is 14.1. The molecule has 1 N–H and O–H groups in total. The molecule has 0 aliphatic carbocycles. The van der Waals surface area contributed by atoms with Gasteiger partial charge in [0.2, 0.25) is 0 Å². The lowest BCUT2D eigenvalue weighted by Crippen LogP contribution is -2.13. The van der Waals surface area contributed by atoms with Crippen molar-refractivity contribution in [3.05, 3.63) is 61.6 Å². The van der Waals surface area contributed by atoms with Crippen LogP contribution >= 0.6 is 38.5 Å². The van der Waals surface area contributed by atoms with E-state index < -0.39 is 5.97 Å². The second kappa shape index (κ2) is 7.04. The highest BCUT2D eigenvalue weighted by atomic mass is 127. The van der Waals surface area contributed by atoms with Crippen molar-refractivity contribution in [2.45, 2.75) is 0 Å². The summed E-state index contributed by atoms with van der Waals surface area (Å²) in [6, 6.07) is 12.0. The first kappa shape index (κ1) is 16.0. The monoisotopic (exact) mass is 459 g/mol. The number of carbonyl (C=O) groups is 2.